The van der Waals surface area contributed by atoms with Crippen LogP contribution in [0.25, 0.3) is 0 Å². The van der Waals surface area contributed by atoms with Crippen LogP contribution in [0.1, 0.15) is 43.8 Å². The molecule has 0 radical (unpaired) electrons. The van der Waals surface area contributed by atoms with Gasteiger partial charge in [-0.1, -0.05) is 6.42 Å². The van der Waals surface area contributed by atoms with Crippen molar-refractivity contribution >= 4 is 21.8 Å². The zero-order valence-corrected chi connectivity index (χ0v) is 14.0. The maximum Gasteiger partial charge on any atom is 0.242 e. The van der Waals surface area contributed by atoms with Crippen LogP contribution in [0.15, 0.2) is 17.2 Å². The lowest BCUT2D eigenvalue weighted by molar-refractivity contribution is 0.362. The summed E-state index contributed by atoms with van der Waals surface area (Å²) >= 11 is 1.77. The summed E-state index contributed by atoms with van der Waals surface area (Å²) in [5.74, 6) is 0. The average Bonchev–Trinajstić information content (AvgIpc) is 3.16. The maximum absolute atomic E-state index is 12.5. The van der Waals surface area contributed by atoms with Gasteiger partial charge in [0, 0.05) is 35.8 Å². The Balaban J connectivity index is 1.75. The molecule has 5 nitrogen and oxygen atoms in total. The molecule has 0 amide bonds. The first kappa shape index (κ1) is 15.4. The minimum atomic E-state index is -3.44. The third kappa shape index (κ3) is 3.02. The number of nitrogens with one attached hydrogen (secondary N) is 1. The van der Waals surface area contributed by atoms with Gasteiger partial charge >= 0.3 is 0 Å². The van der Waals surface area contributed by atoms with Crippen molar-refractivity contribution in [2.45, 2.75) is 54.3 Å². The molecule has 2 aliphatic rings. The summed E-state index contributed by atoms with van der Waals surface area (Å²) in [7, 11) is -3.44. The molecule has 0 saturated heterocycles. The minimum Gasteiger partial charge on any atom is -0.346 e. The Morgan fingerprint density at radius 3 is 2.67 bits per heavy atom. The topological polar surface area (TPSA) is 77.1 Å². The van der Waals surface area contributed by atoms with Gasteiger partial charge in [0.15, 0.2) is 0 Å². The number of hydrogen-bond acceptors (Lipinski definition) is 4. The standard InChI is InChI=1S/C14H23N3O2S2/c1-20-14(5-2-6-14)10-16-21(18,19)13-7-12(8-15)17(9-13)11-3-4-11/h7,9,11,16H,2-6,8,10,15H2,1H3. The second-order valence-electron chi connectivity index (χ2n) is 6.07. The Morgan fingerprint density at radius 1 is 1.48 bits per heavy atom. The highest BCUT2D eigenvalue weighted by Gasteiger charge is 2.37. The van der Waals surface area contributed by atoms with Gasteiger partial charge in [-0.05, 0) is 38.0 Å². The number of aromatic nitrogens is 1. The Morgan fingerprint density at radius 2 is 2.19 bits per heavy atom. The van der Waals surface area contributed by atoms with Crippen LogP contribution < -0.4 is 10.5 Å². The highest BCUT2D eigenvalue weighted by molar-refractivity contribution is 8.00. The molecule has 0 aromatic carbocycles. The van der Waals surface area contributed by atoms with E-state index in [0.29, 0.717) is 24.0 Å². The van der Waals surface area contributed by atoms with Crippen LogP contribution in [0, 0.1) is 0 Å². The lowest BCUT2D eigenvalue weighted by Crippen LogP contribution is -2.45. The molecule has 1 heterocycles. The summed E-state index contributed by atoms with van der Waals surface area (Å²) in [6, 6.07) is 2.16. The second kappa shape index (κ2) is 5.61. The number of sulfonamides is 1. The molecule has 1 aromatic rings. The molecule has 7 heteroatoms. The van der Waals surface area contributed by atoms with Gasteiger partial charge < -0.3 is 10.3 Å². The van der Waals surface area contributed by atoms with Gasteiger partial charge in [0.1, 0.15) is 0 Å². The van der Waals surface area contributed by atoms with Gasteiger partial charge in [-0.2, -0.15) is 11.8 Å². The Hall–Kier alpha value is -0.500. The van der Waals surface area contributed by atoms with Gasteiger partial charge in [0.05, 0.1) is 4.90 Å². The molecule has 118 valence electrons. The number of nitrogens with zero attached hydrogens (tertiary/aromatic N) is 1. The van der Waals surface area contributed by atoms with Crippen LogP contribution in [-0.2, 0) is 16.6 Å². The molecule has 1 aromatic heterocycles. The zero-order chi connectivity index (χ0) is 15.1. The molecular formula is C14H23N3O2S2. The molecule has 0 unspecified atom stereocenters. The molecule has 3 N–H and O–H groups in total. The maximum atomic E-state index is 12.5. The highest BCUT2D eigenvalue weighted by Crippen LogP contribution is 2.42. The molecule has 0 atom stereocenters. The predicted octanol–water partition coefficient (Wildman–Crippen LogP) is 1.85. The molecular weight excluding hydrogens is 306 g/mol. The van der Waals surface area contributed by atoms with E-state index in [0.717, 1.165) is 31.4 Å². The summed E-state index contributed by atoms with van der Waals surface area (Å²) < 4.78 is 29.9. The molecule has 0 spiro atoms. The minimum absolute atomic E-state index is 0.100. The Kier molecular flexibility index (Phi) is 4.11. The second-order valence-corrected chi connectivity index (χ2v) is 9.12. The van der Waals surface area contributed by atoms with Crippen molar-refractivity contribution in [1.29, 1.82) is 0 Å². The molecule has 2 fully saturated rings. The van der Waals surface area contributed by atoms with Gasteiger partial charge in [-0.15, -0.1) is 0 Å². The fourth-order valence-corrected chi connectivity index (χ4v) is 5.02. The van der Waals surface area contributed by atoms with E-state index in [-0.39, 0.29) is 4.75 Å². The molecule has 0 bridgehead atoms. The molecule has 21 heavy (non-hydrogen) atoms. The monoisotopic (exact) mass is 329 g/mol. The number of thioether (sulfide) groups is 1. The van der Waals surface area contributed by atoms with Gasteiger partial charge in [-0.3, -0.25) is 0 Å². The number of rotatable bonds is 7. The van der Waals surface area contributed by atoms with E-state index < -0.39 is 10.0 Å². The van der Waals surface area contributed by atoms with E-state index in [9.17, 15) is 8.42 Å². The molecule has 3 rings (SSSR count). The smallest absolute Gasteiger partial charge is 0.242 e. The largest absolute Gasteiger partial charge is 0.346 e. The van der Waals surface area contributed by atoms with E-state index >= 15 is 0 Å². The number of nitrogens with two attached hydrogens (primary N) is 1. The average molecular weight is 329 g/mol. The van der Waals surface area contributed by atoms with Crippen LogP contribution in [0.4, 0.5) is 0 Å². The van der Waals surface area contributed by atoms with Crippen LogP contribution in [0.2, 0.25) is 0 Å². The molecule has 2 aliphatic carbocycles. The van der Waals surface area contributed by atoms with E-state index in [1.807, 2.05) is 4.57 Å². The first-order chi connectivity index (χ1) is 10.00. The van der Waals surface area contributed by atoms with Crippen LogP contribution in [0.3, 0.4) is 0 Å². The van der Waals surface area contributed by atoms with Crippen molar-refractivity contribution in [2.24, 2.45) is 5.73 Å². The summed E-state index contributed by atoms with van der Waals surface area (Å²) in [6.07, 6.45) is 9.41. The van der Waals surface area contributed by atoms with Crippen molar-refractivity contribution in [3.8, 4) is 0 Å². The summed E-state index contributed by atoms with van der Waals surface area (Å²) in [5, 5.41) is 0. The van der Waals surface area contributed by atoms with Gasteiger partial charge in [0.2, 0.25) is 10.0 Å². The molecule has 0 aliphatic heterocycles. The van der Waals surface area contributed by atoms with Gasteiger partial charge in [-0.25, -0.2) is 13.1 Å². The Bertz CT molecular complexity index is 611. The van der Waals surface area contributed by atoms with Crippen molar-refractivity contribution in [3.63, 3.8) is 0 Å². The fourth-order valence-electron chi connectivity index (χ4n) is 2.83. The first-order valence-electron chi connectivity index (χ1n) is 7.45. The van der Waals surface area contributed by atoms with Crippen molar-refractivity contribution in [3.05, 3.63) is 18.0 Å². The third-order valence-electron chi connectivity index (χ3n) is 4.65. The van der Waals surface area contributed by atoms with Crippen LogP contribution in [-0.4, -0.2) is 30.5 Å². The summed E-state index contributed by atoms with van der Waals surface area (Å²) in [5.41, 5.74) is 6.63. The van der Waals surface area contributed by atoms with E-state index in [1.165, 1.54) is 6.42 Å². The summed E-state index contributed by atoms with van der Waals surface area (Å²) in [6.45, 7) is 0.893. The normalized spacial score (nSPS) is 21.2. The van der Waals surface area contributed by atoms with E-state index in [4.69, 9.17) is 5.73 Å². The van der Waals surface area contributed by atoms with E-state index in [1.54, 1.807) is 24.0 Å². The zero-order valence-electron chi connectivity index (χ0n) is 12.3. The van der Waals surface area contributed by atoms with Crippen LogP contribution in [0.5, 0.6) is 0 Å². The fraction of sp³-hybridized carbons (Fsp3) is 0.714. The predicted molar refractivity (Wildman–Crippen MR) is 85.9 cm³/mol. The molecule has 2 saturated carbocycles. The lowest BCUT2D eigenvalue weighted by atomic mass is 9.84. The lowest BCUT2D eigenvalue weighted by Gasteiger charge is -2.40. The summed E-state index contributed by atoms with van der Waals surface area (Å²) in [4.78, 5) is 0.352. The van der Waals surface area contributed by atoms with E-state index in [2.05, 4.69) is 11.0 Å². The van der Waals surface area contributed by atoms with Gasteiger partial charge in [0.25, 0.3) is 0 Å². The quantitative estimate of drug-likeness (QED) is 0.800. The number of hydrogen-bond donors (Lipinski definition) is 2. The highest BCUT2D eigenvalue weighted by atomic mass is 32.2. The van der Waals surface area contributed by atoms with Crippen molar-refractivity contribution in [1.82, 2.24) is 9.29 Å². The van der Waals surface area contributed by atoms with Crippen LogP contribution >= 0.6 is 11.8 Å². The van der Waals surface area contributed by atoms with Crippen molar-refractivity contribution < 1.29 is 8.42 Å². The SMILES string of the molecule is CSC1(CNS(=O)(=O)c2cc(CN)n(C3CC3)c2)CCC1. The third-order valence-corrected chi connectivity index (χ3v) is 7.44. The van der Waals surface area contributed by atoms with Crippen molar-refractivity contribution in [2.75, 3.05) is 12.8 Å². The Labute approximate surface area is 130 Å². The first-order valence-corrected chi connectivity index (χ1v) is 10.2.